The number of carbonyl (C=O) groups is 1. The van der Waals surface area contributed by atoms with E-state index in [1.54, 1.807) is 0 Å². The Bertz CT molecular complexity index is 707. The fourth-order valence-corrected chi connectivity index (χ4v) is 2.47. The second-order valence-electron chi connectivity index (χ2n) is 4.42. The van der Waals surface area contributed by atoms with Crippen molar-refractivity contribution < 1.29 is 17.6 Å². The van der Waals surface area contributed by atoms with E-state index < -0.39 is 15.9 Å². The third kappa shape index (κ3) is 4.38. The highest BCUT2D eigenvalue weighted by molar-refractivity contribution is 7.88. The summed E-state index contributed by atoms with van der Waals surface area (Å²) in [6.45, 7) is -0.0419. The van der Waals surface area contributed by atoms with Gasteiger partial charge in [-0.3, -0.25) is 4.79 Å². The summed E-state index contributed by atoms with van der Waals surface area (Å²) in [4.78, 5) is 16.8. The molecule has 1 amide bonds. The molecule has 21 heavy (non-hydrogen) atoms. The zero-order chi connectivity index (χ0) is 15.5. The lowest BCUT2D eigenvalue weighted by Crippen LogP contribution is -2.37. The number of sulfonamides is 1. The largest absolute Gasteiger partial charge is 0.443 e. The molecule has 2 aromatic rings. The van der Waals surface area contributed by atoms with Crippen molar-refractivity contribution in [2.24, 2.45) is 0 Å². The van der Waals surface area contributed by atoms with Gasteiger partial charge in [-0.05, 0) is 11.4 Å². The number of hydrogen-bond acceptors (Lipinski definition) is 6. The first-order valence-corrected chi connectivity index (χ1v) is 8.75. The summed E-state index contributed by atoms with van der Waals surface area (Å²) in [6.07, 6.45) is 2.51. The number of aromatic nitrogens is 1. The van der Waals surface area contributed by atoms with Crippen molar-refractivity contribution in [1.82, 2.24) is 14.6 Å². The molecule has 0 fully saturated rings. The summed E-state index contributed by atoms with van der Waals surface area (Å²) in [5.74, 6) is 0.103. The van der Waals surface area contributed by atoms with E-state index in [4.69, 9.17) is 4.42 Å². The van der Waals surface area contributed by atoms with Gasteiger partial charge in [0, 0.05) is 7.05 Å². The van der Waals surface area contributed by atoms with Crippen LogP contribution >= 0.6 is 11.3 Å². The Labute approximate surface area is 126 Å². The van der Waals surface area contributed by atoms with Gasteiger partial charge in [-0.2, -0.15) is 4.31 Å². The van der Waals surface area contributed by atoms with E-state index in [1.807, 2.05) is 17.5 Å². The van der Waals surface area contributed by atoms with Crippen molar-refractivity contribution in [2.45, 2.75) is 6.54 Å². The maximum absolute atomic E-state index is 11.6. The number of carbonyl (C=O) groups excluding carboxylic acids is 1. The molecule has 9 heteroatoms. The van der Waals surface area contributed by atoms with Crippen LogP contribution in [0.3, 0.4) is 0 Å². The number of oxazole rings is 1. The summed E-state index contributed by atoms with van der Waals surface area (Å²) in [5.41, 5.74) is 0.578. The van der Waals surface area contributed by atoms with Gasteiger partial charge in [0.15, 0.2) is 0 Å². The van der Waals surface area contributed by atoms with Crippen molar-refractivity contribution in [2.75, 3.05) is 19.8 Å². The number of rotatable bonds is 6. The lowest BCUT2D eigenvalue weighted by atomic mass is 10.4. The lowest BCUT2D eigenvalue weighted by Gasteiger charge is -2.13. The predicted octanol–water partition coefficient (Wildman–Crippen LogP) is 0.911. The number of hydrogen-bond donors (Lipinski definition) is 1. The van der Waals surface area contributed by atoms with Gasteiger partial charge in [0.2, 0.25) is 21.8 Å². The molecule has 0 aliphatic rings. The normalized spacial score (nSPS) is 11.8. The molecule has 2 aromatic heterocycles. The number of amides is 1. The fraction of sp³-hybridized carbons (Fsp3) is 0.333. The number of nitrogens with zero attached hydrogens (tertiary/aromatic N) is 2. The third-order valence-corrected chi connectivity index (χ3v) is 4.80. The van der Waals surface area contributed by atoms with Gasteiger partial charge < -0.3 is 9.73 Å². The molecule has 7 nitrogen and oxygen atoms in total. The quantitative estimate of drug-likeness (QED) is 0.850. The van der Waals surface area contributed by atoms with Crippen LogP contribution in [0.5, 0.6) is 0 Å². The maximum atomic E-state index is 11.6. The van der Waals surface area contributed by atoms with Crippen LogP contribution in [-0.2, 0) is 21.4 Å². The van der Waals surface area contributed by atoms with Gasteiger partial charge in [-0.1, -0.05) is 6.07 Å². The van der Waals surface area contributed by atoms with Crippen LogP contribution < -0.4 is 5.32 Å². The Balaban J connectivity index is 1.88. The smallest absolute Gasteiger partial charge is 0.236 e. The topological polar surface area (TPSA) is 92.5 Å². The van der Waals surface area contributed by atoms with Crippen LogP contribution in [0.15, 0.2) is 28.2 Å². The molecule has 2 heterocycles. The van der Waals surface area contributed by atoms with Crippen LogP contribution in [0.2, 0.25) is 0 Å². The molecule has 0 bridgehead atoms. The molecule has 0 saturated carbocycles. The van der Waals surface area contributed by atoms with Crippen molar-refractivity contribution in [3.05, 3.63) is 29.5 Å². The molecule has 1 N–H and O–H groups in total. The van der Waals surface area contributed by atoms with E-state index in [0.29, 0.717) is 11.6 Å². The number of nitrogens with one attached hydrogen (secondary N) is 1. The zero-order valence-corrected chi connectivity index (χ0v) is 13.2. The molecular weight excluding hydrogens is 314 g/mol. The van der Waals surface area contributed by atoms with Gasteiger partial charge in [-0.15, -0.1) is 11.3 Å². The first-order valence-electron chi connectivity index (χ1n) is 6.02. The van der Waals surface area contributed by atoms with Crippen LogP contribution in [0.1, 0.15) is 5.69 Å². The molecule has 0 atom stereocenters. The first-order chi connectivity index (χ1) is 9.86. The van der Waals surface area contributed by atoms with Crippen molar-refractivity contribution in [3.8, 4) is 10.8 Å². The van der Waals surface area contributed by atoms with Gasteiger partial charge >= 0.3 is 0 Å². The minimum Gasteiger partial charge on any atom is -0.443 e. The summed E-state index contributed by atoms with van der Waals surface area (Å²) >= 11 is 1.51. The minimum absolute atomic E-state index is 0.186. The summed E-state index contributed by atoms with van der Waals surface area (Å²) < 4.78 is 28.7. The summed E-state index contributed by atoms with van der Waals surface area (Å²) in [6, 6.07) is 3.78. The maximum Gasteiger partial charge on any atom is 0.236 e. The van der Waals surface area contributed by atoms with E-state index in [9.17, 15) is 13.2 Å². The Kier molecular flexibility index (Phi) is 4.76. The van der Waals surface area contributed by atoms with Crippen molar-refractivity contribution in [3.63, 3.8) is 0 Å². The highest BCUT2D eigenvalue weighted by atomic mass is 32.2. The monoisotopic (exact) mass is 329 g/mol. The average molecular weight is 329 g/mol. The average Bonchev–Trinajstić information content (AvgIpc) is 3.06. The molecule has 2 rings (SSSR count). The SMILES string of the molecule is CN(CC(=O)NCc1coc(-c2cccs2)n1)S(C)(=O)=O. The Morgan fingerprint density at radius 2 is 2.29 bits per heavy atom. The second kappa shape index (κ2) is 6.37. The van der Waals surface area contributed by atoms with E-state index in [2.05, 4.69) is 10.3 Å². The van der Waals surface area contributed by atoms with E-state index in [1.165, 1.54) is 24.6 Å². The Morgan fingerprint density at radius 3 is 2.90 bits per heavy atom. The Hall–Kier alpha value is -1.71. The summed E-state index contributed by atoms with van der Waals surface area (Å²) in [7, 11) is -2.02. The van der Waals surface area contributed by atoms with E-state index in [0.717, 1.165) is 15.4 Å². The zero-order valence-electron chi connectivity index (χ0n) is 11.6. The van der Waals surface area contributed by atoms with Crippen molar-refractivity contribution >= 4 is 27.3 Å². The lowest BCUT2D eigenvalue weighted by molar-refractivity contribution is -0.121. The Morgan fingerprint density at radius 1 is 1.52 bits per heavy atom. The van der Waals surface area contributed by atoms with Gasteiger partial charge in [0.05, 0.1) is 29.9 Å². The van der Waals surface area contributed by atoms with Crippen LogP contribution in [0.25, 0.3) is 10.8 Å². The molecule has 0 radical (unpaired) electrons. The van der Waals surface area contributed by atoms with Crippen molar-refractivity contribution in [1.29, 1.82) is 0 Å². The molecule has 0 aliphatic heterocycles. The molecular formula is C12H15N3O4S2. The molecule has 0 spiro atoms. The van der Waals surface area contributed by atoms with Gasteiger partial charge in [0.1, 0.15) is 6.26 Å². The molecule has 114 valence electrons. The minimum atomic E-state index is -3.37. The molecule has 0 unspecified atom stereocenters. The highest BCUT2D eigenvalue weighted by Crippen LogP contribution is 2.23. The first kappa shape index (κ1) is 15.7. The molecule has 0 saturated heterocycles. The number of likely N-dealkylation sites (N-methyl/N-ethyl adjacent to an activating group) is 1. The highest BCUT2D eigenvalue weighted by Gasteiger charge is 2.15. The van der Waals surface area contributed by atoms with Gasteiger partial charge in [-0.25, -0.2) is 13.4 Å². The number of thiophene rings is 1. The molecule has 0 aromatic carbocycles. The molecule has 0 aliphatic carbocycles. The van der Waals surface area contributed by atoms with Crippen LogP contribution in [0, 0.1) is 0 Å². The standard InChI is InChI=1S/C12H15N3O4S2/c1-15(21(2,17)18)7-11(16)13-6-9-8-19-12(14-9)10-4-3-5-20-10/h3-5,8H,6-7H2,1-2H3,(H,13,16). The predicted molar refractivity (Wildman–Crippen MR) is 79.1 cm³/mol. The van der Waals surface area contributed by atoms with E-state index in [-0.39, 0.29) is 13.1 Å². The third-order valence-electron chi connectivity index (χ3n) is 2.68. The van der Waals surface area contributed by atoms with Gasteiger partial charge in [0.25, 0.3) is 0 Å². The van der Waals surface area contributed by atoms with Crippen LogP contribution in [-0.4, -0.2) is 43.5 Å². The van der Waals surface area contributed by atoms with E-state index >= 15 is 0 Å². The summed E-state index contributed by atoms with van der Waals surface area (Å²) in [5, 5.41) is 4.52. The second-order valence-corrected chi connectivity index (χ2v) is 7.45. The van der Waals surface area contributed by atoms with Crippen LogP contribution in [0.4, 0.5) is 0 Å². The fourth-order valence-electron chi connectivity index (χ4n) is 1.47.